The first-order valence-electron chi connectivity index (χ1n) is 9.96. The lowest BCUT2D eigenvalue weighted by atomic mass is 10.2. The first-order valence-corrected chi connectivity index (χ1v) is 9.96. The molecular weight excluding hydrogens is 352 g/mol. The molecule has 1 aliphatic heterocycles. The van der Waals surface area contributed by atoms with E-state index in [1.54, 1.807) is 0 Å². The van der Waals surface area contributed by atoms with Gasteiger partial charge in [-0.25, -0.2) is 9.97 Å². The summed E-state index contributed by atoms with van der Waals surface area (Å²) in [5.74, 6) is 2.31. The van der Waals surface area contributed by atoms with Crippen LogP contribution in [0.2, 0.25) is 0 Å². The third-order valence-electron chi connectivity index (χ3n) is 4.97. The minimum atomic E-state index is 0.756. The number of aromatic nitrogens is 5. The highest BCUT2D eigenvalue weighted by Gasteiger charge is 2.21. The summed E-state index contributed by atoms with van der Waals surface area (Å²) in [7, 11) is 1.95. The van der Waals surface area contributed by atoms with Gasteiger partial charge in [-0.3, -0.25) is 4.68 Å². The number of piperazine rings is 1. The van der Waals surface area contributed by atoms with Gasteiger partial charge in [-0.1, -0.05) is 13.3 Å². The monoisotopic (exact) mass is 380 g/mol. The summed E-state index contributed by atoms with van der Waals surface area (Å²) in [5.41, 5.74) is 5.02. The fourth-order valence-electron chi connectivity index (χ4n) is 3.75. The molecule has 0 atom stereocenters. The number of rotatable bonds is 5. The number of fused-ring (bicyclic) bond motifs is 1. The summed E-state index contributed by atoms with van der Waals surface area (Å²) in [6.07, 6.45) is 1.93. The molecule has 3 aromatic heterocycles. The van der Waals surface area contributed by atoms with Crippen LogP contribution in [0.5, 0.6) is 0 Å². The maximum Gasteiger partial charge on any atom is 0.228 e. The molecule has 0 amide bonds. The molecule has 1 aliphatic rings. The van der Waals surface area contributed by atoms with E-state index in [0.717, 1.165) is 79.0 Å². The number of pyridine rings is 1. The molecule has 0 spiro atoms. The molecular formula is C20H28N8. The van der Waals surface area contributed by atoms with Gasteiger partial charge in [0.05, 0.1) is 5.69 Å². The van der Waals surface area contributed by atoms with Crippen LogP contribution in [0.3, 0.4) is 0 Å². The fraction of sp³-hybridized carbons (Fsp3) is 0.500. The Hall–Kier alpha value is -2.74. The van der Waals surface area contributed by atoms with Crippen LogP contribution in [0.15, 0.2) is 12.1 Å². The fourth-order valence-corrected chi connectivity index (χ4v) is 3.75. The predicted molar refractivity (Wildman–Crippen MR) is 112 cm³/mol. The molecule has 8 nitrogen and oxygen atoms in total. The van der Waals surface area contributed by atoms with Crippen LogP contribution in [0.25, 0.3) is 11.0 Å². The predicted octanol–water partition coefficient (Wildman–Crippen LogP) is 2.48. The normalized spacial score (nSPS) is 14.6. The van der Waals surface area contributed by atoms with E-state index < -0.39 is 0 Å². The van der Waals surface area contributed by atoms with Gasteiger partial charge in [0.15, 0.2) is 5.82 Å². The Balaban J connectivity index is 1.84. The average Bonchev–Trinajstić information content (AvgIpc) is 2.98. The van der Waals surface area contributed by atoms with E-state index in [1.807, 2.05) is 24.7 Å². The standard InChI is InChI=1S/C20H28N8/c1-5-6-15-17-18(27(4)26-15)19(23-16-12-13(2)11-14(3)22-16)25-20(24-17)28-9-7-21-8-10-28/h11-12,21H,5-10H2,1-4H3,(H,22,23,24,25). The Kier molecular flexibility index (Phi) is 5.13. The summed E-state index contributed by atoms with van der Waals surface area (Å²) in [5, 5.41) is 11.6. The second-order valence-corrected chi connectivity index (χ2v) is 7.42. The van der Waals surface area contributed by atoms with Gasteiger partial charge >= 0.3 is 0 Å². The van der Waals surface area contributed by atoms with E-state index in [4.69, 9.17) is 15.1 Å². The average molecular weight is 381 g/mol. The molecule has 1 saturated heterocycles. The van der Waals surface area contributed by atoms with Gasteiger partial charge in [0, 0.05) is 38.9 Å². The van der Waals surface area contributed by atoms with E-state index in [2.05, 4.69) is 40.4 Å². The topological polar surface area (TPSA) is 83.8 Å². The SMILES string of the molecule is CCCc1nn(C)c2c(Nc3cc(C)cc(C)n3)nc(N3CCNCC3)nc12. The van der Waals surface area contributed by atoms with Crippen LogP contribution in [0.4, 0.5) is 17.6 Å². The van der Waals surface area contributed by atoms with Gasteiger partial charge < -0.3 is 15.5 Å². The van der Waals surface area contributed by atoms with Crippen molar-refractivity contribution in [1.82, 2.24) is 30.0 Å². The highest BCUT2D eigenvalue weighted by molar-refractivity contribution is 5.90. The minimum Gasteiger partial charge on any atom is -0.338 e. The van der Waals surface area contributed by atoms with Crippen molar-refractivity contribution in [3.63, 3.8) is 0 Å². The second-order valence-electron chi connectivity index (χ2n) is 7.42. The maximum absolute atomic E-state index is 4.92. The lowest BCUT2D eigenvalue weighted by Crippen LogP contribution is -2.44. The van der Waals surface area contributed by atoms with Gasteiger partial charge in [-0.15, -0.1) is 0 Å². The van der Waals surface area contributed by atoms with Crippen molar-refractivity contribution in [1.29, 1.82) is 0 Å². The van der Waals surface area contributed by atoms with Crippen LogP contribution in [0.1, 0.15) is 30.3 Å². The second kappa shape index (κ2) is 7.71. The third-order valence-corrected chi connectivity index (χ3v) is 4.97. The van der Waals surface area contributed by atoms with E-state index in [0.29, 0.717) is 0 Å². The first kappa shape index (κ1) is 18.6. The Morgan fingerprint density at radius 2 is 1.89 bits per heavy atom. The maximum atomic E-state index is 4.92. The summed E-state index contributed by atoms with van der Waals surface area (Å²) in [6.45, 7) is 9.92. The molecule has 1 fully saturated rings. The zero-order chi connectivity index (χ0) is 19.7. The number of anilines is 3. The number of nitrogens with one attached hydrogen (secondary N) is 2. The molecule has 2 N–H and O–H groups in total. The Bertz CT molecular complexity index is 967. The molecule has 8 heteroatoms. The Morgan fingerprint density at radius 1 is 1.11 bits per heavy atom. The van der Waals surface area contributed by atoms with Crippen LogP contribution in [0, 0.1) is 13.8 Å². The Morgan fingerprint density at radius 3 is 2.61 bits per heavy atom. The highest BCUT2D eigenvalue weighted by Crippen LogP contribution is 2.28. The van der Waals surface area contributed by atoms with Crippen LogP contribution in [-0.4, -0.2) is 50.9 Å². The molecule has 0 unspecified atom stereocenters. The molecule has 3 aromatic rings. The highest BCUT2D eigenvalue weighted by atomic mass is 15.3. The molecule has 0 radical (unpaired) electrons. The van der Waals surface area contributed by atoms with E-state index >= 15 is 0 Å². The van der Waals surface area contributed by atoms with Crippen molar-refractivity contribution >= 4 is 28.6 Å². The van der Waals surface area contributed by atoms with E-state index in [9.17, 15) is 0 Å². The summed E-state index contributed by atoms with van der Waals surface area (Å²) in [6, 6.07) is 4.10. The summed E-state index contributed by atoms with van der Waals surface area (Å²) < 4.78 is 1.88. The first-order chi connectivity index (χ1) is 13.5. The molecule has 0 aromatic carbocycles. The van der Waals surface area contributed by atoms with Crippen molar-refractivity contribution in [2.24, 2.45) is 7.05 Å². The summed E-state index contributed by atoms with van der Waals surface area (Å²) in [4.78, 5) is 16.7. The van der Waals surface area contributed by atoms with Gasteiger partial charge in [0.25, 0.3) is 0 Å². The lowest BCUT2D eigenvalue weighted by Gasteiger charge is -2.27. The van der Waals surface area contributed by atoms with E-state index in [1.165, 1.54) is 5.56 Å². The largest absolute Gasteiger partial charge is 0.338 e. The molecule has 0 aliphatic carbocycles. The molecule has 0 saturated carbocycles. The number of hydrogen-bond acceptors (Lipinski definition) is 7. The van der Waals surface area contributed by atoms with Crippen LogP contribution >= 0.6 is 0 Å². The van der Waals surface area contributed by atoms with E-state index in [-0.39, 0.29) is 0 Å². The smallest absolute Gasteiger partial charge is 0.228 e. The van der Waals surface area contributed by atoms with Crippen molar-refractivity contribution in [3.8, 4) is 0 Å². The summed E-state index contributed by atoms with van der Waals surface area (Å²) >= 11 is 0. The molecule has 148 valence electrons. The molecule has 28 heavy (non-hydrogen) atoms. The lowest BCUT2D eigenvalue weighted by molar-refractivity contribution is 0.580. The Labute approximate surface area is 165 Å². The molecule has 4 heterocycles. The van der Waals surface area contributed by atoms with Crippen molar-refractivity contribution in [3.05, 3.63) is 29.1 Å². The molecule has 0 bridgehead atoms. The van der Waals surface area contributed by atoms with Crippen molar-refractivity contribution < 1.29 is 0 Å². The number of nitrogens with zero attached hydrogens (tertiary/aromatic N) is 6. The minimum absolute atomic E-state index is 0.756. The number of aryl methyl sites for hydroxylation is 4. The quantitative estimate of drug-likeness (QED) is 0.703. The van der Waals surface area contributed by atoms with Crippen molar-refractivity contribution in [2.45, 2.75) is 33.6 Å². The van der Waals surface area contributed by atoms with Gasteiger partial charge in [0.2, 0.25) is 5.95 Å². The zero-order valence-corrected chi connectivity index (χ0v) is 17.1. The van der Waals surface area contributed by atoms with Crippen molar-refractivity contribution in [2.75, 3.05) is 36.4 Å². The zero-order valence-electron chi connectivity index (χ0n) is 17.1. The van der Waals surface area contributed by atoms with Gasteiger partial charge in [0.1, 0.15) is 16.9 Å². The molecule has 4 rings (SSSR count). The number of hydrogen-bond donors (Lipinski definition) is 2. The van der Waals surface area contributed by atoms with Gasteiger partial charge in [-0.2, -0.15) is 10.1 Å². The van der Waals surface area contributed by atoms with Crippen LogP contribution in [-0.2, 0) is 13.5 Å². The van der Waals surface area contributed by atoms with Gasteiger partial charge in [-0.05, 0) is 38.0 Å². The third kappa shape index (κ3) is 3.64. The van der Waals surface area contributed by atoms with Crippen LogP contribution < -0.4 is 15.5 Å².